The molecule has 1 aromatic rings. The second-order valence-electron chi connectivity index (χ2n) is 6.17. The first-order chi connectivity index (χ1) is 9.97. The maximum atomic E-state index is 13.2. The first kappa shape index (κ1) is 16.7. The molecule has 1 aliphatic carbocycles. The van der Waals surface area contributed by atoms with E-state index in [9.17, 15) is 9.50 Å². The molecule has 0 radical (unpaired) electrons. The Hall–Kier alpha value is -0.640. The molecule has 21 heavy (non-hydrogen) atoms. The van der Waals surface area contributed by atoms with E-state index in [1.165, 1.54) is 12.5 Å². The zero-order chi connectivity index (χ0) is 15.5. The normalized spacial score (nSPS) is 27.6. The molecule has 3 atom stereocenters. The van der Waals surface area contributed by atoms with Crippen LogP contribution in [0.5, 0.6) is 0 Å². The minimum Gasteiger partial charge on any atom is -0.390 e. The monoisotopic (exact) mass is 314 g/mol. The molecule has 0 amide bonds. The lowest BCUT2D eigenvalue weighted by Gasteiger charge is -2.43. The maximum absolute atomic E-state index is 13.2. The van der Waals surface area contributed by atoms with Crippen molar-refractivity contribution in [3.63, 3.8) is 0 Å². The molecule has 1 aromatic carbocycles. The van der Waals surface area contributed by atoms with Crippen molar-refractivity contribution in [2.45, 2.75) is 57.7 Å². The minimum absolute atomic E-state index is 0.0992. The van der Waals surface area contributed by atoms with Crippen LogP contribution < -0.4 is 0 Å². The van der Waals surface area contributed by atoms with E-state index in [0.717, 1.165) is 24.8 Å². The summed E-state index contributed by atoms with van der Waals surface area (Å²) in [6.07, 6.45) is 3.85. The Morgan fingerprint density at radius 1 is 1.52 bits per heavy atom. The number of aliphatic hydroxyl groups is 1. The molecule has 1 N–H and O–H groups in total. The SMILES string of the molecule is CCOC1(C(O)Cc2ccc(F)c(Cl)c2)CCCC(C)C1. The Morgan fingerprint density at radius 2 is 2.29 bits per heavy atom. The summed E-state index contributed by atoms with van der Waals surface area (Å²) in [5.74, 6) is 0.123. The molecule has 3 unspecified atom stereocenters. The van der Waals surface area contributed by atoms with Crippen LogP contribution in [0.3, 0.4) is 0 Å². The standard InChI is InChI=1S/C17H24ClFO2/c1-3-21-17(8-4-5-12(2)11-17)16(20)10-13-6-7-15(19)14(18)9-13/h6-7,9,12,16,20H,3-5,8,10-11H2,1-2H3. The van der Waals surface area contributed by atoms with Crippen molar-refractivity contribution in [1.29, 1.82) is 0 Å². The summed E-state index contributed by atoms with van der Waals surface area (Å²) in [5, 5.41) is 10.8. The van der Waals surface area contributed by atoms with Crippen LogP contribution in [0.2, 0.25) is 5.02 Å². The lowest BCUT2D eigenvalue weighted by molar-refractivity contribution is -0.147. The van der Waals surface area contributed by atoms with E-state index in [1.54, 1.807) is 12.1 Å². The zero-order valence-corrected chi connectivity index (χ0v) is 13.5. The molecule has 118 valence electrons. The van der Waals surface area contributed by atoms with Crippen LogP contribution in [0.1, 0.15) is 45.1 Å². The van der Waals surface area contributed by atoms with Crippen LogP contribution in [0.25, 0.3) is 0 Å². The van der Waals surface area contributed by atoms with E-state index in [1.807, 2.05) is 6.92 Å². The van der Waals surface area contributed by atoms with Gasteiger partial charge in [0, 0.05) is 13.0 Å². The van der Waals surface area contributed by atoms with Gasteiger partial charge in [0.15, 0.2) is 0 Å². The minimum atomic E-state index is -0.596. The van der Waals surface area contributed by atoms with Crippen LogP contribution in [0.4, 0.5) is 4.39 Å². The van der Waals surface area contributed by atoms with Crippen molar-refractivity contribution >= 4 is 11.6 Å². The second kappa shape index (κ2) is 7.08. The third-order valence-electron chi connectivity index (χ3n) is 4.44. The summed E-state index contributed by atoms with van der Waals surface area (Å²) < 4.78 is 19.2. The molecule has 0 saturated heterocycles. The third kappa shape index (κ3) is 3.97. The Labute approximate surface area is 131 Å². The number of rotatable bonds is 5. The summed E-state index contributed by atoms with van der Waals surface area (Å²) >= 11 is 5.81. The summed E-state index contributed by atoms with van der Waals surface area (Å²) in [6.45, 7) is 4.75. The van der Waals surface area contributed by atoms with Gasteiger partial charge in [0.25, 0.3) is 0 Å². The van der Waals surface area contributed by atoms with Crippen molar-refractivity contribution in [3.05, 3.63) is 34.6 Å². The first-order valence-electron chi connectivity index (χ1n) is 7.73. The molecule has 1 fully saturated rings. The Balaban J connectivity index is 2.14. The fourth-order valence-corrected chi connectivity index (χ4v) is 3.64. The predicted molar refractivity (Wildman–Crippen MR) is 83.1 cm³/mol. The predicted octanol–water partition coefficient (Wildman–Crippen LogP) is 4.37. The fraction of sp³-hybridized carbons (Fsp3) is 0.647. The molecule has 4 heteroatoms. The van der Waals surface area contributed by atoms with Gasteiger partial charge in [-0.15, -0.1) is 0 Å². The molecule has 2 nitrogen and oxygen atoms in total. The highest BCUT2D eigenvalue weighted by atomic mass is 35.5. The van der Waals surface area contributed by atoms with E-state index >= 15 is 0 Å². The summed E-state index contributed by atoms with van der Waals surface area (Å²) in [5.41, 5.74) is 0.360. The van der Waals surface area contributed by atoms with Crippen molar-refractivity contribution in [2.24, 2.45) is 5.92 Å². The topological polar surface area (TPSA) is 29.5 Å². The smallest absolute Gasteiger partial charge is 0.141 e. The van der Waals surface area contributed by atoms with Crippen molar-refractivity contribution in [1.82, 2.24) is 0 Å². The maximum Gasteiger partial charge on any atom is 0.141 e. The summed E-state index contributed by atoms with van der Waals surface area (Å²) in [4.78, 5) is 0. The zero-order valence-electron chi connectivity index (χ0n) is 12.7. The number of halogens is 2. The van der Waals surface area contributed by atoms with Gasteiger partial charge in [-0.05, 0) is 43.4 Å². The van der Waals surface area contributed by atoms with Crippen LogP contribution >= 0.6 is 11.6 Å². The van der Waals surface area contributed by atoms with Gasteiger partial charge in [-0.25, -0.2) is 4.39 Å². The molecule has 0 bridgehead atoms. The van der Waals surface area contributed by atoms with E-state index in [4.69, 9.17) is 16.3 Å². The lowest BCUT2D eigenvalue weighted by Crippen LogP contribution is -2.49. The molecule has 0 aliphatic heterocycles. The van der Waals surface area contributed by atoms with Crippen molar-refractivity contribution in [3.8, 4) is 0 Å². The first-order valence-corrected chi connectivity index (χ1v) is 8.10. The fourth-order valence-electron chi connectivity index (χ4n) is 3.44. The number of hydrogen-bond donors (Lipinski definition) is 1. The van der Waals surface area contributed by atoms with Crippen LogP contribution in [0, 0.1) is 11.7 Å². The van der Waals surface area contributed by atoms with Gasteiger partial charge in [-0.3, -0.25) is 0 Å². The lowest BCUT2D eigenvalue weighted by atomic mass is 9.74. The highest BCUT2D eigenvalue weighted by molar-refractivity contribution is 6.30. The number of benzene rings is 1. The molecule has 0 aromatic heterocycles. The second-order valence-corrected chi connectivity index (χ2v) is 6.57. The van der Waals surface area contributed by atoms with Gasteiger partial charge < -0.3 is 9.84 Å². The highest BCUT2D eigenvalue weighted by Crippen LogP contribution is 2.38. The Bertz CT molecular complexity index is 476. The molecule has 1 saturated carbocycles. The van der Waals surface area contributed by atoms with Crippen LogP contribution in [0.15, 0.2) is 18.2 Å². The Kier molecular flexibility index (Phi) is 5.64. The number of ether oxygens (including phenoxy) is 1. The molecule has 0 heterocycles. The molecular weight excluding hydrogens is 291 g/mol. The van der Waals surface area contributed by atoms with Crippen LogP contribution in [-0.2, 0) is 11.2 Å². The quantitative estimate of drug-likeness (QED) is 0.874. The van der Waals surface area contributed by atoms with Gasteiger partial charge in [0.05, 0.1) is 16.7 Å². The average molecular weight is 315 g/mol. The third-order valence-corrected chi connectivity index (χ3v) is 4.73. The van der Waals surface area contributed by atoms with Gasteiger partial charge in [0.2, 0.25) is 0 Å². The largest absolute Gasteiger partial charge is 0.390 e. The summed E-state index contributed by atoms with van der Waals surface area (Å²) in [6, 6.07) is 4.61. The van der Waals surface area contributed by atoms with E-state index in [2.05, 4.69) is 6.92 Å². The van der Waals surface area contributed by atoms with Crippen LogP contribution in [-0.4, -0.2) is 23.4 Å². The molecule has 1 aliphatic rings. The molecule has 2 rings (SSSR count). The van der Waals surface area contributed by atoms with Gasteiger partial charge in [-0.2, -0.15) is 0 Å². The van der Waals surface area contributed by atoms with Crippen molar-refractivity contribution in [2.75, 3.05) is 6.61 Å². The summed E-state index contributed by atoms with van der Waals surface area (Å²) in [7, 11) is 0. The average Bonchev–Trinajstić information content (AvgIpc) is 2.43. The van der Waals surface area contributed by atoms with Gasteiger partial charge in [-0.1, -0.05) is 37.4 Å². The molecular formula is C17H24ClFO2. The van der Waals surface area contributed by atoms with E-state index < -0.39 is 17.5 Å². The number of aliphatic hydroxyl groups excluding tert-OH is 1. The Morgan fingerprint density at radius 3 is 2.90 bits per heavy atom. The number of hydrogen-bond acceptors (Lipinski definition) is 2. The molecule has 0 spiro atoms. The van der Waals surface area contributed by atoms with Gasteiger partial charge >= 0.3 is 0 Å². The van der Waals surface area contributed by atoms with E-state index in [-0.39, 0.29) is 5.02 Å². The van der Waals surface area contributed by atoms with E-state index in [0.29, 0.717) is 18.9 Å². The van der Waals surface area contributed by atoms with Crippen molar-refractivity contribution < 1.29 is 14.2 Å². The van der Waals surface area contributed by atoms with Gasteiger partial charge in [0.1, 0.15) is 5.82 Å². The highest BCUT2D eigenvalue weighted by Gasteiger charge is 2.41.